The average molecular weight is 295 g/mol. The second kappa shape index (κ2) is 5.56. The first-order valence-electron chi connectivity index (χ1n) is 7.06. The summed E-state index contributed by atoms with van der Waals surface area (Å²) in [7, 11) is 1.60. The maximum Gasteiger partial charge on any atom is 0.245 e. The molecular weight excluding hydrogens is 276 g/mol. The van der Waals surface area contributed by atoms with Gasteiger partial charge in [0.25, 0.3) is 0 Å². The molecular formula is C14H19ClN4O. The first-order chi connectivity index (χ1) is 9.74. The first kappa shape index (κ1) is 13.6. The van der Waals surface area contributed by atoms with Crippen LogP contribution in [0.2, 0.25) is 0 Å². The molecule has 0 aliphatic heterocycles. The van der Waals surface area contributed by atoms with E-state index in [0.29, 0.717) is 23.3 Å². The van der Waals surface area contributed by atoms with Crippen molar-refractivity contribution in [1.29, 1.82) is 0 Å². The van der Waals surface area contributed by atoms with E-state index in [1.165, 1.54) is 19.2 Å². The molecule has 0 amide bonds. The summed E-state index contributed by atoms with van der Waals surface area (Å²) in [6, 6.07) is 0.428. The largest absolute Gasteiger partial charge is 0.479 e. The molecule has 2 unspecified atom stereocenters. The van der Waals surface area contributed by atoms with Crippen molar-refractivity contribution in [3.05, 3.63) is 12.2 Å². The normalized spacial score (nSPS) is 23.1. The highest BCUT2D eigenvalue weighted by Gasteiger charge is 2.26. The molecule has 1 saturated carbocycles. The molecule has 2 aromatic heterocycles. The number of alkyl halides is 1. The van der Waals surface area contributed by atoms with Gasteiger partial charge < -0.3 is 9.30 Å². The Morgan fingerprint density at radius 3 is 2.95 bits per heavy atom. The summed E-state index contributed by atoms with van der Waals surface area (Å²) < 4.78 is 7.48. The van der Waals surface area contributed by atoms with E-state index in [4.69, 9.17) is 16.3 Å². The maximum absolute atomic E-state index is 6.08. The minimum atomic E-state index is 0.379. The Kier molecular flexibility index (Phi) is 3.78. The van der Waals surface area contributed by atoms with Crippen LogP contribution in [0.3, 0.4) is 0 Å². The van der Waals surface area contributed by atoms with E-state index < -0.39 is 0 Å². The molecule has 3 rings (SSSR count). The van der Waals surface area contributed by atoms with Gasteiger partial charge in [-0.3, -0.25) is 0 Å². The van der Waals surface area contributed by atoms with Crippen molar-refractivity contribution in [1.82, 2.24) is 19.5 Å². The van der Waals surface area contributed by atoms with Gasteiger partial charge in [-0.2, -0.15) is 4.98 Å². The fraction of sp³-hybridized carbons (Fsp3) is 0.643. The topological polar surface area (TPSA) is 52.8 Å². The molecule has 2 aromatic rings. The molecule has 2 atom stereocenters. The van der Waals surface area contributed by atoms with E-state index in [0.717, 1.165) is 30.2 Å². The van der Waals surface area contributed by atoms with Crippen molar-refractivity contribution >= 4 is 22.8 Å². The van der Waals surface area contributed by atoms with Crippen LogP contribution in [-0.2, 0) is 5.88 Å². The van der Waals surface area contributed by atoms with Gasteiger partial charge in [-0.25, -0.2) is 9.97 Å². The summed E-state index contributed by atoms with van der Waals surface area (Å²) in [6.45, 7) is 2.31. The lowest BCUT2D eigenvalue weighted by Gasteiger charge is -2.28. The van der Waals surface area contributed by atoms with Crippen LogP contribution >= 0.6 is 11.6 Å². The molecule has 20 heavy (non-hydrogen) atoms. The Morgan fingerprint density at radius 2 is 2.25 bits per heavy atom. The zero-order valence-corrected chi connectivity index (χ0v) is 12.6. The minimum absolute atomic E-state index is 0.379. The molecule has 0 saturated heterocycles. The summed E-state index contributed by atoms with van der Waals surface area (Å²) in [5.74, 6) is 2.49. The van der Waals surface area contributed by atoms with Gasteiger partial charge in [-0.05, 0) is 18.8 Å². The van der Waals surface area contributed by atoms with Gasteiger partial charge in [-0.1, -0.05) is 19.8 Å². The van der Waals surface area contributed by atoms with Crippen LogP contribution in [0.1, 0.15) is 44.5 Å². The number of ether oxygens (including phenoxy) is 1. The Balaban J connectivity index is 2.13. The van der Waals surface area contributed by atoms with Gasteiger partial charge in [0.2, 0.25) is 5.88 Å². The zero-order valence-electron chi connectivity index (χ0n) is 11.8. The highest BCUT2D eigenvalue weighted by Crippen LogP contribution is 2.36. The number of fused-ring (bicyclic) bond motifs is 1. The molecule has 0 spiro atoms. The third kappa shape index (κ3) is 2.24. The van der Waals surface area contributed by atoms with Crippen LogP contribution < -0.4 is 4.74 Å². The SMILES string of the molecule is COc1ncnc2c1nc(CCl)n2C1CCCC(C)C1. The van der Waals surface area contributed by atoms with Crippen LogP contribution in [0.25, 0.3) is 11.2 Å². The maximum atomic E-state index is 6.08. The van der Waals surface area contributed by atoms with Crippen LogP contribution in [-0.4, -0.2) is 26.6 Å². The van der Waals surface area contributed by atoms with Crippen molar-refractivity contribution < 1.29 is 4.74 Å². The van der Waals surface area contributed by atoms with Crippen molar-refractivity contribution in [2.45, 2.75) is 44.5 Å². The smallest absolute Gasteiger partial charge is 0.245 e. The third-order valence-corrected chi connectivity index (χ3v) is 4.34. The summed E-state index contributed by atoms with van der Waals surface area (Å²) >= 11 is 6.08. The van der Waals surface area contributed by atoms with Crippen molar-refractivity contribution in [3.63, 3.8) is 0 Å². The molecule has 1 aliphatic rings. The molecule has 1 aliphatic carbocycles. The van der Waals surface area contributed by atoms with Gasteiger partial charge in [-0.15, -0.1) is 11.6 Å². The number of hydrogen-bond acceptors (Lipinski definition) is 4. The fourth-order valence-corrected chi connectivity index (χ4v) is 3.39. The van der Waals surface area contributed by atoms with Gasteiger partial charge in [0.15, 0.2) is 11.2 Å². The average Bonchev–Trinajstić information content (AvgIpc) is 2.85. The molecule has 0 aromatic carbocycles. The molecule has 5 nitrogen and oxygen atoms in total. The Hall–Kier alpha value is -1.36. The molecule has 108 valence electrons. The van der Waals surface area contributed by atoms with Gasteiger partial charge in [0.05, 0.1) is 13.0 Å². The van der Waals surface area contributed by atoms with Crippen LogP contribution in [0.15, 0.2) is 6.33 Å². The summed E-state index contributed by atoms with van der Waals surface area (Å²) in [6.07, 6.45) is 6.39. The van der Waals surface area contributed by atoms with Crippen LogP contribution in [0.4, 0.5) is 0 Å². The van der Waals surface area contributed by atoms with Gasteiger partial charge in [0, 0.05) is 6.04 Å². The van der Waals surface area contributed by atoms with Crippen LogP contribution in [0.5, 0.6) is 5.88 Å². The quantitative estimate of drug-likeness (QED) is 0.815. The summed E-state index contributed by atoms with van der Waals surface area (Å²) in [5.41, 5.74) is 1.55. The lowest BCUT2D eigenvalue weighted by molar-refractivity contribution is 0.283. The van der Waals surface area contributed by atoms with E-state index in [-0.39, 0.29) is 0 Å². The molecule has 0 radical (unpaired) electrons. The molecule has 0 bridgehead atoms. The van der Waals surface area contributed by atoms with Crippen molar-refractivity contribution in [3.8, 4) is 5.88 Å². The van der Waals surface area contributed by atoms with Gasteiger partial charge in [0.1, 0.15) is 12.2 Å². The van der Waals surface area contributed by atoms with E-state index >= 15 is 0 Å². The monoisotopic (exact) mass is 294 g/mol. The first-order valence-corrected chi connectivity index (χ1v) is 7.59. The number of methoxy groups -OCH3 is 1. The summed E-state index contributed by atoms with van der Waals surface area (Å²) in [5, 5.41) is 0. The third-order valence-electron chi connectivity index (χ3n) is 4.10. The number of nitrogens with zero attached hydrogens (tertiary/aromatic N) is 4. The fourth-order valence-electron chi connectivity index (χ4n) is 3.20. The zero-order chi connectivity index (χ0) is 14.1. The number of aromatic nitrogens is 4. The number of hydrogen-bond donors (Lipinski definition) is 0. The lowest BCUT2D eigenvalue weighted by atomic mass is 9.87. The predicted octanol–water partition coefficient (Wildman–Crippen LogP) is 3.32. The Labute approximate surface area is 123 Å². The molecule has 0 N–H and O–H groups in total. The Morgan fingerprint density at radius 1 is 1.40 bits per heavy atom. The van der Waals surface area contributed by atoms with E-state index in [9.17, 15) is 0 Å². The molecule has 2 heterocycles. The second-order valence-corrected chi connectivity index (χ2v) is 5.78. The van der Waals surface area contributed by atoms with E-state index in [1.54, 1.807) is 7.11 Å². The predicted molar refractivity (Wildman–Crippen MR) is 78.1 cm³/mol. The lowest BCUT2D eigenvalue weighted by Crippen LogP contribution is -2.19. The molecule has 6 heteroatoms. The van der Waals surface area contributed by atoms with Crippen molar-refractivity contribution in [2.24, 2.45) is 5.92 Å². The minimum Gasteiger partial charge on any atom is -0.479 e. The van der Waals surface area contributed by atoms with E-state index in [2.05, 4.69) is 26.4 Å². The second-order valence-electron chi connectivity index (χ2n) is 5.51. The Bertz CT molecular complexity index is 612. The number of rotatable bonds is 3. The highest BCUT2D eigenvalue weighted by atomic mass is 35.5. The summed E-state index contributed by atoms with van der Waals surface area (Å²) in [4.78, 5) is 13.1. The number of imidazole rings is 1. The highest BCUT2D eigenvalue weighted by molar-refractivity contribution is 6.16. The molecule has 1 fully saturated rings. The number of halogens is 1. The van der Waals surface area contributed by atoms with Gasteiger partial charge >= 0.3 is 0 Å². The van der Waals surface area contributed by atoms with Crippen molar-refractivity contribution in [2.75, 3.05) is 7.11 Å². The van der Waals surface area contributed by atoms with Crippen LogP contribution in [0, 0.1) is 5.92 Å². The van der Waals surface area contributed by atoms with E-state index in [1.807, 2.05) is 0 Å². The standard InChI is InChI=1S/C14H19ClN4O/c1-9-4-3-5-10(6-9)19-11(7-15)18-12-13(19)16-8-17-14(12)20-2/h8-10H,3-7H2,1-2H3.